The van der Waals surface area contributed by atoms with Crippen LogP contribution in [0.2, 0.25) is 0 Å². The third kappa shape index (κ3) is 4.29. The fourth-order valence-electron chi connectivity index (χ4n) is 8.78. The molecule has 8 aromatic carbocycles. The van der Waals surface area contributed by atoms with Crippen molar-refractivity contribution < 1.29 is 4.42 Å². The third-order valence-electron chi connectivity index (χ3n) is 11.1. The normalized spacial score (nSPS) is 12.0. The van der Waals surface area contributed by atoms with Crippen LogP contribution in [-0.2, 0) is 0 Å². The summed E-state index contributed by atoms with van der Waals surface area (Å²) in [5.41, 5.74) is 12.2. The van der Waals surface area contributed by atoms with Gasteiger partial charge in [0.05, 0.1) is 44.0 Å². The Balaban J connectivity index is 1.28. The fourth-order valence-corrected chi connectivity index (χ4v) is 8.78. The molecule has 12 aromatic rings. The van der Waals surface area contributed by atoms with Crippen molar-refractivity contribution in [2.45, 2.75) is 0 Å². The van der Waals surface area contributed by atoms with Crippen LogP contribution in [0.4, 0.5) is 0 Å². The van der Waals surface area contributed by atoms with Crippen LogP contribution in [0.25, 0.3) is 110 Å². The van der Waals surface area contributed by atoms with Gasteiger partial charge in [0.15, 0.2) is 5.82 Å². The zero-order valence-corrected chi connectivity index (χ0v) is 29.5. The smallest absolute Gasteiger partial charge is 0.160 e. The van der Waals surface area contributed by atoms with Crippen LogP contribution < -0.4 is 0 Å². The number of para-hydroxylation sites is 4. The van der Waals surface area contributed by atoms with Crippen LogP contribution >= 0.6 is 0 Å². The standard InChI is InChI=1S/C50H30N4O/c1-4-16-31(17-5-1)46-38-30-34(28-29-39(38)51-50(52-46)32-18-6-2-7-19-32)54-41-26-14-11-23-36(41)44-47(54)43-35-22-10-13-25-40(35)53(33-20-8-3-9-21-33)48(43)45-37-24-12-15-27-42(37)55-49(44)45/h1-30H. The lowest BCUT2D eigenvalue weighted by Gasteiger charge is -2.14. The van der Waals surface area contributed by atoms with E-state index in [0.717, 1.165) is 93.9 Å². The van der Waals surface area contributed by atoms with Gasteiger partial charge in [0, 0.05) is 49.4 Å². The molecule has 0 atom stereocenters. The van der Waals surface area contributed by atoms with Crippen molar-refractivity contribution in [3.8, 4) is 34.0 Å². The summed E-state index contributed by atoms with van der Waals surface area (Å²) in [6, 6.07) is 63.9. The molecule has 4 aromatic heterocycles. The summed E-state index contributed by atoms with van der Waals surface area (Å²) < 4.78 is 11.8. The van der Waals surface area contributed by atoms with E-state index in [1.807, 2.05) is 24.3 Å². The first-order valence-electron chi connectivity index (χ1n) is 18.6. The second-order valence-electron chi connectivity index (χ2n) is 14.1. The minimum atomic E-state index is 0.708. The first-order chi connectivity index (χ1) is 27.3. The summed E-state index contributed by atoms with van der Waals surface area (Å²) in [6.45, 7) is 0. The van der Waals surface area contributed by atoms with E-state index in [2.05, 4.69) is 167 Å². The van der Waals surface area contributed by atoms with Gasteiger partial charge in [-0.15, -0.1) is 0 Å². The molecule has 5 nitrogen and oxygen atoms in total. The van der Waals surface area contributed by atoms with Crippen molar-refractivity contribution in [1.29, 1.82) is 0 Å². The van der Waals surface area contributed by atoms with Gasteiger partial charge in [0.1, 0.15) is 11.2 Å². The van der Waals surface area contributed by atoms with Crippen LogP contribution in [0.3, 0.4) is 0 Å². The van der Waals surface area contributed by atoms with Crippen molar-refractivity contribution in [2.75, 3.05) is 0 Å². The molecule has 0 saturated carbocycles. The molecule has 0 aliphatic rings. The second kappa shape index (κ2) is 11.5. The largest absolute Gasteiger partial charge is 0.455 e. The highest BCUT2D eigenvalue weighted by Crippen LogP contribution is 2.49. The monoisotopic (exact) mass is 702 g/mol. The van der Waals surface area contributed by atoms with Crippen LogP contribution in [0.5, 0.6) is 0 Å². The lowest BCUT2D eigenvalue weighted by atomic mass is 10.0. The van der Waals surface area contributed by atoms with Gasteiger partial charge in [0.25, 0.3) is 0 Å². The maximum atomic E-state index is 6.97. The third-order valence-corrected chi connectivity index (χ3v) is 11.1. The lowest BCUT2D eigenvalue weighted by molar-refractivity contribution is 0.673. The first-order valence-corrected chi connectivity index (χ1v) is 18.6. The highest BCUT2D eigenvalue weighted by Gasteiger charge is 2.28. The minimum Gasteiger partial charge on any atom is -0.455 e. The number of furan rings is 1. The van der Waals surface area contributed by atoms with Crippen molar-refractivity contribution >= 4 is 76.5 Å². The van der Waals surface area contributed by atoms with E-state index in [-0.39, 0.29) is 0 Å². The minimum absolute atomic E-state index is 0.708. The topological polar surface area (TPSA) is 48.8 Å². The molecule has 5 heteroatoms. The number of aromatic nitrogens is 4. The zero-order valence-electron chi connectivity index (χ0n) is 29.5. The average molecular weight is 703 g/mol. The van der Waals surface area contributed by atoms with Crippen LogP contribution in [0.1, 0.15) is 0 Å². The first kappa shape index (κ1) is 30.0. The summed E-state index contributed by atoms with van der Waals surface area (Å²) in [7, 11) is 0. The van der Waals surface area contributed by atoms with Gasteiger partial charge < -0.3 is 13.6 Å². The van der Waals surface area contributed by atoms with Gasteiger partial charge in [-0.1, -0.05) is 133 Å². The van der Waals surface area contributed by atoms with Crippen LogP contribution in [0.15, 0.2) is 186 Å². The van der Waals surface area contributed by atoms with Crippen LogP contribution in [0, 0.1) is 0 Å². The number of nitrogens with zero attached hydrogens (tertiary/aromatic N) is 4. The molecule has 12 rings (SSSR count). The number of rotatable bonds is 4. The summed E-state index contributed by atoms with van der Waals surface area (Å²) in [4.78, 5) is 10.4. The number of benzene rings is 8. The molecule has 0 N–H and O–H groups in total. The molecule has 0 bridgehead atoms. The van der Waals surface area contributed by atoms with Gasteiger partial charge in [0.2, 0.25) is 0 Å². The van der Waals surface area contributed by atoms with Gasteiger partial charge in [-0.05, 0) is 48.5 Å². The predicted octanol–water partition coefficient (Wildman–Crippen LogP) is 13.1. The molecular formula is C50H30N4O. The number of fused-ring (bicyclic) bond motifs is 13. The SMILES string of the molecule is c1ccc(-c2nc(-c3ccccc3)c3cc(-n4c5ccccc5c5c6oc7ccccc7c6c6c(c7ccccc7n6-c6ccccc6)c54)ccc3n2)cc1. The molecule has 4 heterocycles. The predicted molar refractivity (Wildman–Crippen MR) is 226 cm³/mol. The Labute approximate surface area is 315 Å². The van der Waals surface area contributed by atoms with Crippen molar-refractivity contribution in [3.05, 3.63) is 182 Å². The highest BCUT2D eigenvalue weighted by atomic mass is 16.3. The van der Waals surface area contributed by atoms with E-state index < -0.39 is 0 Å². The summed E-state index contributed by atoms with van der Waals surface area (Å²) >= 11 is 0. The zero-order chi connectivity index (χ0) is 36.0. The summed E-state index contributed by atoms with van der Waals surface area (Å²) in [5, 5.41) is 7.82. The maximum absolute atomic E-state index is 6.97. The Hall–Kier alpha value is -7.50. The molecule has 0 aliphatic heterocycles. The number of hydrogen-bond donors (Lipinski definition) is 0. The van der Waals surface area contributed by atoms with Gasteiger partial charge in [-0.2, -0.15) is 0 Å². The molecule has 0 aliphatic carbocycles. The molecule has 55 heavy (non-hydrogen) atoms. The van der Waals surface area contributed by atoms with Crippen molar-refractivity contribution in [2.24, 2.45) is 0 Å². The molecule has 0 fully saturated rings. The molecule has 0 spiro atoms. The Morgan fingerprint density at radius 2 is 0.945 bits per heavy atom. The molecule has 0 amide bonds. The fraction of sp³-hybridized carbons (Fsp3) is 0. The van der Waals surface area contributed by atoms with Crippen molar-refractivity contribution in [3.63, 3.8) is 0 Å². The summed E-state index contributed by atoms with van der Waals surface area (Å²) in [6.07, 6.45) is 0. The van der Waals surface area contributed by atoms with E-state index in [4.69, 9.17) is 14.4 Å². The van der Waals surface area contributed by atoms with E-state index in [1.54, 1.807) is 0 Å². The molecule has 0 unspecified atom stereocenters. The Morgan fingerprint density at radius 1 is 0.400 bits per heavy atom. The van der Waals surface area contributed by atoms with Crippen molar-refractivity contribution in [1.82, 2.24) is 19.1 Å². The maximum Gasteiger partial charge on any atom is 0.160 e. The van der Waals surface area contributed by atoms with E-state index in [1.165, 1.54) is 10.8 Å². The van der Waals surface area contributed by atoms with Crippen LogP contribution in [-0.4, -0.2) is 19.1 Å². The molecule has 256 valence electrons. The Kier molecular flexibility index (Phi) is 6.27. The number of hydrogen-bond acceptors (Lipinski definition) is 3. The van der Waals surface area contributed by atoms with E-state index in [0.29, 0.717) is 5.82 Å². The van der Waals surface area contributed by atoms with Gasteiger partial charge in [-0.25, -0.2) is 9.97 Å². The quantitative estimate of drug-likeness (QED) is 0.183. The van der Waals surface area contributed by atoms with Gasteiger partial charge >= 0.3 is 0 Å². The average Bonchev–Trinajstić information content (AvgIpc) is 3.92. The Morgan fingerprint density at radius 3 is 1.65 bits per heavy atom. The second-order valence-corrected chi connectivity index (χ2v) is 14.1. The van der Waals surface area contributed by atoms with Gasteiger partial charge in [-0.3, -0.25) is 0 Å². The lowest BCUT2D eigenvalue weighted by Crippen LogP contribution is -1.99. The highest BCUT2D eigenvalue weighted by molar-refractivity contribution is 6.39. The molecule has 0 radical (unpaired) electrons. The summed E-state index contributed by atoms with van der Waals surface area (Å²) in [5.74, 6) is 0.708. The molecular weight excluding hydrogens is 673 g/mol. The molecule has 0 saturated heterocycles. The Bertz CT molecular complexity index is 3470. The van der Waals surface area contributed by atoms with E-state index in [9.17, 15) is 0 Å². The van der Waals surface area contributed by atoms with E-state index >= 15 is 0 Å².